The van der Waals surface area contributed by atoms with Gasteiger partial charge in [0.15, 0.2) is 5.58 Å². The second kappa shape index (κ2) is 6.28. The first-order chi connectivity index (χ1) is 11.3. The molecule has 0 radical (unpaired) electrons. The summed E-state index contributed by atoms with van der Waals surface area (Å²) >= 11 is 1.73. The molecule has 0 saturated heterocycles. The van der Waals surface area contributed by atoms with E-state index < -0.39 is 5.76 Å². The molecule has 0 saturated carbocycles. The lowest BCUT2D eigenvalue weighted by molar-refractivity contribution is -0.120. The van der Waals surface area contributed by atoms with Crippen molar-refractivity contribution in [2.24, 2.45) is 0 Å². The molecule has 6 heteroatoms. The first-order valence-electron chi connectivity index (χ1n) is 7.79. The molecule has 2 N–H and O–H groups in total. The summed E-state index contributed by atoms with van der Waals surface area (Å²) in [5, 5.41) is 2.94. The van der Waals surface area contributed by atoms with E-state index in [2.05, 4.69) is 43.2 Å². The predicted octanol–water partition coefficient (Wildman–Crippen LogP) is 3.34. The highest BCUT2D eigenvalue weighted by molar-refractivity contribution is 7.12. The van der Waals surface area contributed by atoms with Gasteiger partial charge < -0.3 is 9.73 Å². The molecule has 2 heterocycles. The minimum Gasteiger partial charge on any atom is -0.408 e. The van der Waals surface area contributed by atoms with Crippen LogP contribution in [0, 0.1) is 0 Å². The van der Waals surface area contributed by atoms with Gasteiger partial charge in [0.2, 0.25) is 5.91 Å². The Bertz CT molecular complexity index is 928. The van der Waals surface area contributed by atoms with Crippen LogP contribution in [0.25, 0.3) is 11.1 Å². The average Bonchev–Trinajstić information content (AvgIpc) is 3.09. The van der Waals surface area contributed by atoms with E-state index >= 15 is 0 Å². The van der Waals surface area contributed by atoms with Gasteiger partial charge >= 0.3 is 5.76 Å². The van der Waals surface area contributed by atoms with Gasteiger partial charge in [0.25, 0.3) is 0 Å². The highest BCUT2D eigenvalue weighted by atomic mass is 32.1. The fourth-order valence-electron chi connectivity index (χ4n) is 2.42. The standard InChI is InChI=1S/C18H20N2O3S/c1-18(2,3)15-7-5-12(24-15)10-19-16(21)9-11-4-6-14-13(8-11)20-17(22)23-14/h4-8H,9-10H2,1-3H3,(H,19,21)(H,20,22). The molecule has 0 aliphatic heterocycles. The summed E-state index contributed by atoms with van der Waals surface area (Å²) in [5.74, 6) is -0.537. The molecule has 126 valence electrons. The molecule has 2 aromatic heterocycles. The summed E-state index contributed by atoms with van der Waals surface area (Å²) in [6, 6.07) is 9.44. The molecule has 0 atom stereocenters. The number of benzene rings is 1. The van der Waals surface area contributed by atoms with Crippen molar-refractivity contribution in [1.82, 2.24) is 10.3 Å². The number of rotatable bonds is 4. The molecule has 3 rings (SSSR count). The zero-order chi connectivity index (χ0) is 17.3. The summed E-state index contributed by atoms with van der Waals surface area (Å²) < 4.78 is 4.95. The lowest BCUT2D eigenvalue weighted by Gasteiger charge is -2.15. The summed E-state index contributed by atoms with van der Waals surface area (Å²) in [6.45, 7) is 7.07. The normalized spacial score (nSPS) is 11.8. The van der Waals surface area contributed by atoms with Crippen LogP contribution in [-0.2, 0) is 23.2 Å². The largest absolute Gasteiger partial charge is 0.417 e. The third-order valence-electron chi connectivity index (χ3n) is 3.71. The SMILES string of the molecule is CC(C)(C)c1ccc(CNC(=O)Cc2ccc3oc(=O)[nH]c3c2)s1. The highest BCUT2D eigenvalue weighted by Gasteiger charge is 2.16. The van der Waals surface area contributed by atoms with Crippen molar-refractivity contribution in [2.75, 3.05) is 0 Å². The van der Waals surface area contributed by atoms with E-state index in [1.807, 2.05) is 0 Å². The number of amides is 1. The Hall–Kier alpha value is -2.34. The molecule has 0 bridgehead atoms. The average molecular weight is 344 g/mol. The third-order valence-corrected chi connectivity index (χ3v) is 5.22. The highest BCUT2D eigenvalue weighted by Crippen LogP contribution is 2.29. The molecule has 0 fully saturated rings. The van der Waals surface area contributed by atoms with Crippen LogP contribution >= 0.6 is 11.3 Å². The minimum absolute atomic E-state index is 0.0501. The van der Waals surface area contributed by atoms with Crippen molar-refractivity contribution in [3.63, 3.8) is 0 Å². The Morgan fingerprint density at radius 1 is 1.25 bits per heavy atom. The smallest absolute Gasteiger partial charge is 0.408 e. The maximum Gasteiger partial charge on any atom is 0.417 e. The van der Waals surface area contributed by atoms with E-state index in [9.17, 15) is 9.59 Å². The number of fused-ring (bicyclic) bond motifs is 1. The van der Waals surface area contributed by atoms with Crippen molar-refractivity contribution >= 4 is 28.3 Å². The van der Waals surface area contributed by atoms with Gasteiger partial charge in [-0.25, -0.2) is 4.79 Å². The molecule has 0 spiro atoms. The maximum atomic E-state index is 12.1. The summed E-state index contributed by atoms with van der Waals surface area (Å²) in [7, 11) is 0. The van der Waals surface area contributed by atoms with Gasteiger partial charge in [-0.3, -0.25) is 9.78 Å². The minimum atomic E-state index is -0.487. The van der Waals surface area contributed by atoms with Gasteiger partial charge in [0, 0.05) is 9.75 Å². The van der Waals surface area contributed by atoms with E-state index in [1.54, 1.807) is 29.5 Å². The number of hydrogen-bond acceptors (Lipinski definition) is 4. The van der Waals surface area contributed by atoms with Gasteiger partial charge in [-0.15, -0.1) is 11.3 Å². The van der Waals surface area contributed by atoms with E-state index in [0.29, 0.717) is 17.6 Å². The summed E-state index contributed by atoms with van der Waals surface area (Å²) in [6.07, 6.45) is 0.265. The van der Waals surface area contributed by atoms with Gasteiger partial charge in [0.1, 0.15) is 0 Å². The number of carbonyl (C=O) groups is 1. The Morgan fingerprint density at radius 3 is 2.75 bits per heavy atom. The number of thiophene rings is 1. The first-order valence-corrected chi connectivity index (χ1v) is 8.60. The van der Waals surface area contributed by atoms with Gasteiger partial charge in [0.05, 0.1) is 18.5 Å². The quantitative estimate of drug-likeness (QED) is 0.762. The van der Waals surface area contributed by atoms with Crippen LogP contribution in [0.4, 0.5) is 0 Å². The number of nitrogens with one attached hydrogen (secondary N) is 2. The topological polar surface area (TPSA) is 75.1 Å². The number of H-pyrrole nitrogens is 1. The van der Waals surface area contributed by atoms with Crippen molar-refractivity contribution in [3.05, 3.63) is 56.2 Å². The number of carbonyl (C=O) groups excluding carboxylic acids is 1. The Kier molecular flexibility index (Phi) is 4.32. The molecule has 1 aromatic carbocycles. The van der Waals surface area contributed by atoms with Crippen LogP contribution in [0.5, 0.6) is 0 Å². The molecule has 5 nitrogen and oxygen atoms in total. The number of oxazole rings is 1. The summed E-state index contributed by atoms with van der Waals surface area (Å²) in [4.78, 5) is 28.3. The van der Waals surface area contributed by atoms with Crippen molar-refractivity contribution in [1.29, 1.82) is 0 Å². The van der Waals surface area contributed by atoms with Crippen LogP contribution in [0.2, 0.25) is 0 Å². The number of aromatic nitrogens is 1. The Morgan fingerprint density at radius 2 is 2.04 bits per heavy atom. The second-order valence-electron chi connectivity index (χ2n) is 6.81. The van der Waals surface area contributed by atoms with Crippen LogP contribution in [-0.4, -0.2) is 10.9 Å². The molecular formula is C18H20N2O3S. The fourth-order valence-corrected chi connectivity index (χ4v) is 3.42. The zero-order valence-electron chi connectivity index (χ0n) is 13.9. The van der Waals surface area contributed by atoms with Crippen molar-refractivity contribution < 1.29 is 9.21 Å². The molecule has 3 aromatic rings. The lowest BCUT2D eigenvalue weighted by Crippen LogP contribution is -2.24. The maximum absolute atomic E-state index is 12.1. The third kappa shape index (κ3) is 3.76. The van der Waals surface area contributed by atoms with E-state index in [-0.39, 0.29) is 17.7 Å². The fraction of sp³-hybridized carbons (Fsp3) is 0.333. The van der Waals surface area contributed by atoms with Gasteiger partial charge in [-0.2, -0.15) is 0 Å². The summed E-state index contributed by atoms with van der Waals surface area (Å²) in [5.41, 5.74) is 2.07. The monoisotopic (exact) mass is 344 g/mol. The molecule has 0 aliphatic rings. The van der Waals surface area contributed by atoms with Crippen molar-refractivity contribution in [3.8, 4) is 0 Å². The van der Waals surface area contributed by atoms with Crippen LogP contribution in [0.3, 0.4) is 0 Å². The van der Waals surface area contributed by atoms with E-state index in [4.69, 9.17) is 4.42 Å². The lowest BCUT2D eigenvalue weighted by atomic mass is 9.95. The van der Waals surface area contributed by atoms with E-state index in [1.165, 1.54) is 4.88 Å². The van der Waals surface area contributed by atoms with Crippen LogP contribution in [0.15, 0.2) is 39.5 Å². The van der Waals surface area contributed by atoms with E-state index in [0.717, 1.165) is 10.4 Å². The molecule has 24 heavy (non-hydrogen) atoms. The molecule has 1 amide bonds. The number of aromatic amines is 1. The van der Waals surface area contributed by atoms with Gasteiger partial charge in [-0.1, -0.05) is 26.8 Å². The Balaban J connectivity index is 1.60. The van der Waals surface area contributed by atoms with Gasteiger partial charge in [-0.05, 0) is 35.2 Å². The predicted molar refractivity (Wildman–Crippen MR) is 95.4 cm³/mol. The molecule has 0 unspecified atom stereocenters. The first kappa shape index (κ1) is 16.5. The van der Waals surface area contributed by atoms with Crippen molar-refractivity contribution in [2.45, 2.75) is 39.2 Å². The second-order valence-corrected chi connectivity index (χ2v) is 7.98. The zero-order valence-corrected chi connectivity index (χ0v) is 14.8. The van der Waals surface area contributed by atoms with Crippen LogP contribution in [0.1, 0.15) is 36.1 Å². The number of hydrogen-bond donors (Lipinski definition) is 2. The molecule has 0 aliphatic carbocycles. The Labute approximate surface area is 143 Å². The van der Waals surface area contributed by atoms with Crippen LogP contribution < -0.4 is 11.1 Å². The molecular weight excluding hydrogens is 324 g/mol.